The first kappa shape index (κ1) is 23.0. The minimum atomic E-state index is -2.54. The Morgan fingerprint density at radius 2 is 1.43 bits per heavy atom. The Balaban J connectivity index is 3.93. The van der Waals surface area contributed by atoms with E-state index in [0.29, 0.717) is 46.2 Å². The number of rotatable bonds is 17. The zero-order chi connectivity index (χ0) is 17.4. The second kappa shape index (κ2) is 15.5. The maximum Gasteiger partial charge on any atom is 0.500 e. The summed E-state index contributed by atoms with van der Waals surface area (Å²) in [6.45, 7) is 14.0. The van der Waals surface area contributed by atoms with Crippen LogP contribution >= 0.6 is 0 Å². The average Bonchev–Trinajstić information content (AvgIpc) is 2.51. The fourth-order valence-corrected chi connectivity index (χ4v) is 4.79. The normalized spacial score (nSPS) is 13.4. The van der Waals surface area contributed by atoms with Crippen molar-refractivity contribution in [3.05, 3.63) is 6.92 Å². The van der Waals surface area contributed by atoms with Crippen molar-refractivity contribution in [2.45, 2.75) is 45.8 Å². The highest BCUT2D eigenvalue weighted by molar-refractivity contribution is 6.60. The van der Waals surface area contributed by atoms with Crippen LogP contribution in [0.1, 0.15) is 33.6 Å². The van der Waals surface area contributed by atoms with Gasteiger partial charge in [0.15, 0.2) is 0 Å². The molecule has 0 rings (SSSR count). The van der Waals surface area contributed by atoms with E-state index in [1.807, 2.05) is 20.8 Å². The van der Waals surface area contributed by atoms with Gasteiger partial charge in [-0.05, 0) is 40.5 Å². The van der Waals surface area contributed by atoms with Crippen LogP contribution in [0.5, 0.6) is 0 Å². The quantitative estimate of drug-likeness (QED) is 0.297. The second-order valence-corrected chi connectivity index (χ2v) is 7.70. The number of methoxy groups -OCH3 is 1. The van der Waals surface area contributed by atoms with Crippen molar-refractivity contribution in [3.8, 4) is 0 Å². The van der Waals surface area contributed by atoms with Crippen molar-refractivity contribution in [2.75, 3.05) is 53.4 Å². The second-order valence-electron chi connectivity index (χ2n) is 4.97. The van der Waals surface area contributed by atoms with Crippen molar-refractivity contribution in [2.24, 2.45) is 0 Å². The Morgan fingerprint density at radius 3 is 1.96 bits per heavy atom. The van der Waals surface area contributed by atoms with E-state index >= 15 is 0 Å². The van der Waals surface area contributed by atoms with E-state index in [9.17, 15) is 0 Å². The van der Waals surface area contributed by atoms with Gasteiger partial charge in [-0.2, -0.15) is 0 Å². The van der Waals surface area contributed by atoms with E-state index in [4.69, 9.17) is 27.5 Å². The molecule has 0 aromatic heterocycles. The van der Waals surface area contributed by atoms with Crippen LogP contribution in [0, 0.1) is 6.92 Å². The molecule has 0 aliphatic heterocycles. The van der Waals surface area contributed by atoms with E-state index in [0.717, 1.165) is 18.9 Å². The highest BCUT2D eigenvalue weighted by Crippen LogP contribution is 2.20. The van der Waals surface area contributed by atoms with Crippen LogP contribution in [0.25, 0.3) is 0 Å². The predicted octanol–water partition coefficient (Wildman–Crippen LogP) is 2.70. The summed E-state index contributed by atoms with van der Waals surface area (Å²) in [6.07, 6.45) is 1.70. The third kappa shape index (κ3) is 12.1. The van der Waals surface area contributed by atoms with Crippen LogP contribution in [-0.4, -0.2) is 68.3 Å². The molecule has 0 fully saturated rings. The lowest BCUT2D eigenvalue weighted by Gasteiger charge is -2.28. The molecule has 0 spiro atoms. The SMILES string of the molecule is [CH2]C(CCC[Si](OCC)(OCC)OCC)OCCOCCOC. The van der Waals surface area contributed by atoms with Crippen molar-refractivity contribution in [3.63, 3.8) is 0 Å². The smallest absolute Gasteiger partial charge is 0.382 e. The molecule has 6 nitrogen and oxygen atoms in total. The standard InChI is InChI=1S/C16H35O6Si/c1-6-20-23(21-7-2,22-8-3)15-9-10-16(4)19-14-13-18-12-11-17-5/h16H,4,6-15H2,1-3,5H3. The van der Waals surface area contributed by atoms with Crippen LogP contribution in [-0.2, 0) is 27.5 Å². The monoisotopic (exact) mass is 351 g/mol. The first-order valence-electron chi connectivity index (χ1n) is 8.57. The molecule has 0 heterocycles. The molecule has 1 atom stereocenters. The lowest BCUT2D eigenvalue weighted by Crippen LogP contribution is -2.46. The van der Waals surface area contributed by atoms with Gasteiger partial charge in [-0.15, -0.1) is 0 Å². The molecule has 0 aliphatic rings. The molecule has 1 unspecified atom stereocenters. The molecule has 0 aliphatic carbocycles. The third-order valence-corrected chi connectivity index (χ3v) is 6.27. The lowest BCUT2D eigenvalue weighted by molar-refractivity contribution is 0.00426. The van der Waals surface area contributed by atoms with Crippen LogP contribution in [0.3, 0.4) is 0 Å². The van der Waals surface area contributed by atoms with Gasteiger partial charge in [0.05, 0.1) is 32.5 Å². The molecule has 0 bridgehead atoms. The molecule has 0 saturated carbocycles. The number of ether oxygens (including phenoxy) is 3. The predicted molar refractivity (Wildman–Crippen MR) is 92.5 cm³/mol. The summed E-state index contributed by atoms with van der Waals surface area (Å²) < 4.78 is 33.4. The summed E-state index contributed by atoms with van der Waals surface area (Å²) in [7, 11) is -0.883. The van der Waals surface area contributed by atoms with Gasteiger partial charge in [0.25, 0.3) is 0 Å². The van der Waals surface area contributed by atoms with Gasteiger partial charge in [-0.3, -0.25) is 0 Å². The van der Waals surface area contributed by atoms with Gasteiger partial charge < -0.3 is 27.5 Å². The van der Waals surface area contributed by atoms with Crippen LogP contribution in [0.15, 0.2) is 0 Å². The molecule has 0 aromatic carbocycles. The van der Waals surface area contributed by atoms with E-state index in [-0.39, 0.29) is 6.10 Å². The summed E-state index contributed by atoms with van der Waals surface area (Å²) in [6, 6.07) is 0.794. The Bertz CT molecular complexity index is 238. The average molecular weight is 352 g/mol. The number of hydrogen-bond donors (Lipinski definition) is 0. The summed E-state index contributed by atoms with van der Waals surface area (Å²) in [5.74, 6) is 0. The molecular weight excluding hydrogens is 316 g/mol. The number of hydrogen-bond acceptors (Lipinski definition) is 6. The first-order valence-corrected chi connectivity index (χ1v) is 10.5. The van der Waals surface area contributed by atoms with Crippen molar-refractivity contribution >= 4 is 8.80 Å². The van der Waals surface area contributed by atoms with Gasteiger partial charge in [0.2, 0.25) is 0 Å². The van der Waals surface area contributed by atoms with Crippen LogP contribution < -0.4 is 0 Å². The topological polar surface area (TPSA) is 55.4 Å². The molecule has 0 aromatic rings. The summed E-state index contributed by atoms with van der Waals surface area (Å²) in [5, 5.41) is 0. The van der Waals surface area contributed by atoms with Crippen molar-refractivity contribution < 1.29 is 27.5 Å². The summed E-state index contributed by atoms with van der Waals surface area (Å²) >= 11 is 0. The molecular formula is C16H35O6Si. The Kier molecular flexibility index (Phi) is 15.5. The lowest BCUT2D eigenvalue weighted by atomic mass is 10.2. The van der Waals surface area contributed by atoms with Gasteiger partial charge in [-0.1, -0.05) is 0 Å². The fourth-order valence-electron chi connectivity index (χ4n) is 2.15. The van der Waals surface area contributed by atoms with Crippen molar-refractivity contribution in [1.29, 1.82) is 0 Å². The maximum atomic E-state index is 5.83. The zero-order valence-electron chi connectivity index (χ0n) is 15.3. The molecule has 7 heteroatoms. The highest BCUT2D eigenvalue weighted by Gasteiger charge is 2.39. The first-order chi connectivity index (χ1) is 11.1. The Hall–Kier alpha value is -0.0231. The van der Waals surface area contributed by atoms with E-state index in [1.54, 1.807) is 7.11 Å². The summed E-state index contributed by atoms with van der Waals surface area (Å²) in [4.78, 5) is 0. The van der Waals surface area contributed by atoms with E-state index in [1.165, 1.54) is 0 Å². The maximum absolute atomic E-state index is 5.83. The minimum Gasteiger partial charge on any atom is -0.382 e. The molecule has 139 valence electrons. The van der Waals surface area contributed by atoms with Crippen LogP contribution in [0.2, 0.25) is 6.04 Å². The Labute approximate surface area is 143 Å². The molecule has 0 amide bonds. The zero-order valence-corrected chi connectivity index (χ0v) is 16.3. The molecule has 0 saturated heterocycles. The molecule has 1 radical (unpaired) electrons. The van der Waals surface area contributed by atoms with Gasteiger partial charge in [-0.25, -0.2) is 0 Å². The summed E-state index contributed by atoms with van der Waals surface area (Å²) in [5.41, 5.74) is 0. The largest absolute Gasteiger partial charge is 0.500 e. The van der Waals surface area contributed by atoms with Crippen LogP contribution in [0.4, 0.5) is 0 Å². The van der Waals surface area contributed by atoms with E-state index in [2.05, 4.69) is 6.92 Å². The molecule has 0 N–H and O–H groups in total. The van der Waals surface area contributed by atoms with Gasteiger partial charge in [0.1, 0.15) is 0 Å². The van der Waals surface area contributed by atoms with Gasteiger partial charge >= 0.3 is 8.80 Å². The fraction of sp³-hybridized carbons (Fsp3) is 0.938. The highest BCUT2D eigenvalue weighted by atomic mass is 28.4. The van der Waals surface area contributed by atoms with Gasteiger partial charge in [0, 0.05) is 33.0 Å². The van der Waals surface area contributed by atoms with E-state index < -0.39 is 8.80 Å². The third-order valence-electron chi connectivity index (χ3n) is 3.11. The minimum absolute atomic E-state index is 0.0578. The van der Waals surface area contributed by atoms with Crippen molar-refractivity contribution in [1.82, 2.24) is 0 Å². The Morgan fingerprint density at radius 1 is 0.870 bits per heavy atom. The molecule has 23 heavy (non-hydrogen) atoms.